The second-order valence-corrected chi connectivity index (χ2v) is 16.0. The first kappa shape index (κ1) is 49.6. The van der Waals surface area contributed by atoms with Crippen molar-refractivity contribution in [3.63, 3.8) is 0 Å². The van der Waals surface area contributed by atoms with Crippen LogP contribution in [0.25, 0.3) is 21.1 Å². The van der Waals surface area contributed by atoms with Crippen molar-refractivity contribution in [2.75, 3.05) is 36.0 Å². The summed E-state index contributed by atoms with van der Waals surface area (Å²) < 4.78 is 4.96. The molecule has 2 aliphatic rings. The van der Waals surface area contributed by atoms with E-state index in [1.807, 2.05) is 43.7 Å². The molecule has 2 aromatic carbocycles. The van der Waals surface area contributed by atoms with Crippen LogP contribution >= 0.6 is 22.7 Å². The number of thiazole rings is 2. The Hall–Kier alpha value is -5.55. The lowest BCUT2D eigenvalue weighted by molar-refractivity contribution is -0.120. The molecule has 59 heavy (non-hydrogen) atoms. The first-order valence-electron chi connectivity index (χ1n) is 19.9. The highest BCUT2D eigenvalue weighted by Gasteiger charge is 2.21. The summed E-state index contributed by atoms with van der Waals surface area (Å²) in [5.41, 5.74) is 20.1. The first-order valence-corrected chi connectivity index (χ1v) is 21.7. The molecule has 0 radical (unpaired) electrons. The summed E-state index contributed by atoms with van der Waals surface area (Å²) in [5.74, 6) is -0.985. The van der Waals surface area contributed by atoms with Crippen LogP contribution in [0.3, 0.4) is 0 Å². The molecule has 2 saturated heterocycles. The number of amides is 3. The van der Waals surface area contributed by atoms with Crippen molar-refractivity contribution in [3.05, 3.63) is 70.7 Å². The standard InChI is InChI=1S/2C14H13N3S.C9H18N2O3.C4H10N2O.C2H6/c2*15-10-12-9-11(14-16-5-8-18-14)3-4-13(12)17-6-1-2-7-17;1-5-6(7(10)12)11-8(13)14-9(2,3)4;1-2-3(5)4(6)7;1-2/h2*3-5,8-9H,1-2,6-7H2;6H,5H2,1-4H3,(H2,10,12)(H,11,13);3H,2,5H2,1H3,(H2,6,7);1-2H3/t;;6-;3-;/m..00./s1. The number of hydrogen-bond acceptors (Lipinski definition) is 13. The molecule has 0 bridgehead atoms. The molecule has 2 atom stereocenters. The van der Waals surface area contributed by atoms with E-state index in [-0.39, 0.29) is 0 Å². The molecule has 2 aliphatic heterocycles. The van der Waals surface area contributed by atoms with Gasteiger partial charge in [-0.2, -0.15) is 10.5 Å². The van der Waals surface area contributed by atoms with Crippen LogP contribution in [0.1, 0.15) is 98.1 Å². The average molecular weight is 845 g/mol. The van der Waals surface area contributed by atoms with Gasteiger partial charge >= 0.3 is 6.09 Å². The number of nitriles is 2. The summed E-state index contributed by atoms with van der Waals surface area (Å²) in [6.07, 6.45) is 8.92. The van der Waals surface area contributed by atoms with Gasteiger partial charge < -0.3 is 37.1 Å². The van der Waals surface area contributed by atoms with E-state index < -0.39 is 35.6 Å². The number of hydrogen-bond donors (Lipinski definition) is 4. The van der Waals surface area contributed by atoms with Crippen molar-refractivity contribution < 1.29 is 19.1 Å². The number of anilines is 2. The lowest BCUT2D eigenvalue weighted by atomic mass is 10.1. The van der Waals surface area contributed by atoms with Gasteiger partial charge in [-0.1, -0.05) is 27.7 Å². The Balaban J connectivity index is 0.000000279. The molecule has 0 saturated carbocycles. The summed E-state index contributed by atoms with van der Waals surface area (Å²) in [6, 6.07) is 15.6. The summed E-state index contributed by atoms with van der Waals surface area (Å²) >= 11 is 3.20. The summed E-state index contributed by atoms with van der Waals surface area (Å²) in [6.45, 7) is 17.1. The predicted molar refractivity (Wildman–Crippen MR) is 239 cm³/mol. The van der Waals surface area contributed by atoms with E-state index in [0.29, 0.717) is 12.8 Å². The number of nitrogens with two attached hydrogens (primary N) is 3. The summed E-state index contributed by atoms with van der Waals surface area (Å²) in [7, 11) is 0. The molecule has 2 fully saturated rings. The molecular formula is C43H60N10O4S2. The number of rotatable bonds is 9. The Kier molecular flexibility index (Phi) is 21.6. The second kappa shape index (κ2) is 25.7. The number of carbonyl (C=O) groups excluding carboxylic acids is 3. The third-order valence-electron chi connectivity index (χ3n) is 8.73. The quantitative estimate of drug-likeness (QED) is 0.128. The van der Waals surface area contributed by atoms with E-state index >= 15 is 0 Å². The third-order valence-corrected chi connectivity index (χ3v) is 10.4. The normalized spacial score (nSPS) is 13.8. The Morgan fingerprint density at radius 3 is 1.47 bits per heavy atom. The van der Waals surface area contributed by atoms with Gasteiger partial charge in [0.1, 0.15) is 33.8 Å². The van der Waals surface area contributed by atoms with Crippen LogP contribution in [-0.2, 0) is 14.3 Å². The summed E-state index contributed by atoms with van der Waals surface area (Å²) in [4.78, 5) is 45.2. The van der Waals surface area contributed by atoms with Gasteiger partial charge in [0, 0.05) is 60.5 Å². The van der Waals surface area contributed by atoms with Gasteiger partial charge in [-0.3, -0.25) is 9.59 Å². The van der Waals surface area contributed by atoms with E-state index in [1.54, 1.807) is 62.8 Å². The minimum atomic E-state index is -0.662. The first-order chi connectivity index (χ1) is 28.2. The predicted octanol–water partition coefficient (Wildman–Crippen LogP) is 7.57. The van der Waals surface area contributed by atoms with E-state index in [1.165, 1.54) is 25.7 Å². The molecule has 7 N–H and O–H groups in total. The van der Waals surface area contributed by atoms with Crippen LogP contribution < -0.4 is 32.3 Å². The molecule has 2 aromatic heterocycles. The summed E-state index contributed by atoms with van der Waals surface area (Å²) in [5, 5.41) is 26.9. The number of ether oxygens (including phenoxy) is 1. The zero-order chi connectivity index (χ0) is 44.0. The highest BCUT2D eigenvalue weighted by molar-refractivity contribution is 7.13. The van der Waals surface area contributed by atoms with Crippen LogP contribution in [0.5, 0.6) is 0 Å². The Labute approximate surface area is 357 Å². The number of nitrogens with zero attached hydrogens (tertiary/aromatic N) is 6. The van der Waals surface area contributed by atoms with E-state index in [2.05, 4.69) is 61.5 Å². The van der Waals surface area contributed by atoms with Crippen molar-refractivity contribution in [3.8, 4) is 33.3 Å². The molecule has 4 heterocycles. The maximum absolute atomic E-state index is 11.2. The maximum atomic E-state index is 11.2. The molecule has 318 valence electrons. The van der Waals surface area contributed by atoms with Crippen LogP contribution in [0.2, 0.25) is 0 Å². The van der Waals surface area contributed by atoms with E-state index in [9.17, 15) is 24.9 Å². The van der Waals surface area contributed by atoms with Crippen LogP contribution in [-0.4, -0.2) is 71.7 Å². The zero-order valence-electron chi connectivity index (χ0n) is 35.4. The topological polar surface area (TPSA) is 230 Å². The molecule has 0 spiro atoms. The largest absolute Gasteiger partial charge is 0.444 e. The Morgan fingerprint density at radius 2 is 1.20 bits per heavy atom. The van der Waals surface area contributed by atoms with Crippen molar-refractivity contribution in [2.45, 2.75) is 105 Å². The van der Waals surface area contributed by atoms with Gasteiger partial charge in [-0.25, -0.2) is 14.8 Å². The van der Waals surface area contributed by atoms with E-state index in [0.717, 1.165) is 69.8 Å². The van der Waals surface area contributed by atoms with Gasteiger partial charge in [0.05, 0.1) is 28.5 Å². The van der Waals surface area contributed by atoms with E-state index in [4.69, 9.17) is 21.9 Å². The van der Waals surface area contributed by atoms with Crippen LogP contribution in [0.15, 0.2) is 59.6 Å². The Morgan fingerprint density at radius 1 is 0.780 bits per heavy atom. The lowest BCUT2D eigenvalue weighted by Crippen LogP contribution is -2.45. The fraction of sp³-hybridized carbons (Fsp3) is 0.465. The van der Waals surface area contributed by atoms with Gasteiger partial charge in [0.25, 0.3) is 0 Å². The highest BCUT2D eigenvalue weighted by Crippen LogP contribution is 2.31. The molecule has 6 rings (SSSR count). The molecule has 0 aliphatic carbocycles. The maximum Gasteiger partial charge on any atom is 0.408 e. The van der Waals surface area contributed by atoms with Gasteiger partial charge in [0.15, 0.2) is 0 Å². The lowest BCUT2D eigenvalue weighted by Gasteiger charge is -2.21. The smallest absolute Gasteiger partial charge is 0.408 e. The number of benzene rings is 2. The van der Waals surface area contributed by atoms with Gasteiger partial charge in [-0.15, -0.1) is 22.7 Å². The minimum absolute atomic E-state index is 0.428. The Bertz CT molecular complexity index is 1850. The fourth-order valence-electron chi connectivity index (χ4n) is 5.74. The van der Waals surface area contributed by atoms with Crippen molar-refractivity contribution in [1.29, 1.82) is 10.5 Å². The third kappa shape index (κ3) is 16.7. The average Bonchev–Trinajstić information content (AvgIpc) is 4.09. The molecule has 4 aromatic rings. The highest BCUT2D eigenvalue weighted by atomic mass is 32.1. The van der Waals surface area contributed by atoms with Gasteiger partial charge in [-0.05, 0) is 95.7 Å². The van der Waals surface area contributed by atoms with Gasteiger partial charge in [0.2, 0.25) is 11.8 Å². The van der Waals surface area contributed by atoms with Crippen LogP contribution in [0, 0.1) is 22.7 Å². The second-order valence-electron chi connectivity index (χ2n) is 14.2. The number of alkyl carbamates (subject to hydrolysis) is 1. The monoisotopic (exact) mass is 844 g/mol. The molecule has 16 heteroatoms. The molecule has 14 nitrogen and oxygen atoms in total. The van der Waals surface area contributed by atoms with Crippen molar-refractivity contribution >= 4 is 52.0 Å². The molecule has 0 unspecified atom stereocenters. The zero-order valence-corrected chi connectivity index (χ0v) is 37.0. The molecule has 3 amide bonds. The number of nitrogens with one attached hydrogen (secondary N) is 1. The van der Waals surface area contributed by atoms with Crippen LogP contribution in [0.4, 0.5) is 16.2 Å². The number of primary amides is 2. The minimum Gasteiger partial charge on any atom is -0.444 e. The SMILES string of the molecule is CC.CC[C@H](N)C(N)=O.CC[C@H](NC(=O)OC(C)(C)C)C(N)=O.N#Cc1cc(-c2nccs2)ccc1N1CCCC1.N#Cc1cc(-c2nccs2)ccc1N1CCCC1. The van der Waals surface area contributed by atoms with Crippen molar-refractivity contribution in [2.24, 2.45) is 17.2 Å². The molecular weight excluding hydrogens is 785 g/mol. The fourth-order valence-corrected chi connectivity index (χ4v) is 7.01. The van der Waals surface area contributed by atoms with Crippen molar-refractivity contribution in [1.82, 2.24) is 15.3 Å². The number of carbonyl (C=O) groups is 3. The number of aromatic nitrogens is 2.